The fourth-order valence-corrected chi connectivity index (χ4v) is 4.18. The molecule has 1 saturated carbocycles. The third kappa shape index (κ3) is 3.84. The average molecular weight is 337 g/mol. The van der Waals surface area contributed by atoms with Crippen LogP contribution in [-0.2, 0) is 6.54 Å². The van der Waals surface area contributed by atoms with Crippen molar-refractivity contribution in [3.63, 3.8) is 0 Å². The van der Waals surface area contributed by atoms with E-state index in [9.17, 15) is 0 Å². The Morgan fingerprint density at radius 2 is 2.05 bits per heavy atom. The van der Waals surface area contributed by atoms with Crippen LogP contribution in [0, 0.1) is 5.92 Å². The lowest BCUT2D eigenvalue weighted by Gasteiger charge is -2.39. The van der Waals surface area contributed by atoms with Crippen LogP contribution < -0.4 is 5.32 Å². The molecule has 1 aliphatic carbocycles. The van der Waals surface area contributed by atoms with Crippen LogP contribution in [0.15, 0.2) is 28.7 Å². The van der Waals surface area contributed by atoms with Crippen LogP contribution in [-0.4, -0.2) is 30.6 Å². The first-order chi connectivity index (χ1) is 9.81. The van der Waals surface area contributed by atoms with E-state index in [1.54, 1.807) is 0 Å². The van der Waals surface area contributed by atoms with Crippen molar-refractivity contribution in [2.75, 3.05) is 19.6 Å². The van der Waals surface area contributed by atoms with E-state index in [1.807, 2.05) is 0 Å². The maximum Gasteiger partial charge on any atom is 0.0235 e. The quantitative estimate of drug-likeness (QED) is 0.902. The minimum Gasteiger partial charge on any atom is -0.311 e. The van der Waals surface area contributed by atoms with Crippen molar-refractivity contribution in [2.45, 2.75) is 44.7 Å². The molecule has 2 aliphatic rings. The highest BCUT2D eigenvalue weighted by Gasteiger charge is 2.27. The summed E-state index contributed by atoms with van der Waals surface area (Å²) in [6.07, 6.45) is 7.19. The highest BCUT2D eigenvalue weighted by molar-refractivity contribution is 9.10. The Balaban J connectivity index is 1.57. The largest absolute Gasteiger partial charge is 0.311 e. The van der Waals surface area contributed by atoms with Crippen molar-refractivity contribution in [1.82, 2.24) is 10.2 Å². The molecule has 0 bridgehead atoms. The predicted octanol–water partition coefficient (Wildman–Crippen LogP) is 3.80. The van der Waals surface area contributed by atoms with Gasteiger partial charge in [-0.15, -0.1) is 0 Å². The van der Waals surface area contributed by atoms with Crippen LogP contribution in [0.1, 0.15) is 37.7 Å². The zero-order valence-electron chi connectivity index (χ0n) is 12.2. The first kappa shape index (κ1) is 14.6. The lowest BCUT2D eigenvalue weighted by molar-refractivity contribution is 0.141. The summed E-state index contributed by atoms with van der Waals surface area (Å²) in [7, 11) is 0. The summed E-state index contributed by atoms with van der Waals surface area (Å²) < 4.78 is 1.19. The standard InChI is InChI=1S/C17H25BrN2/c18-16-8-4-5-14(11-16)12-20-10-9-19-17(13-20)15-6-2-1-3-7-15/h4-5,8,11,15,17,19H,1-3,6-7,9-10,12-13H2. The number of nitrogens with zero attached hydrogens (tertiary/aromatic N) is 1. The molecule has 0 radical (unpaired) electrons. The van der Waals surface area contributed by atoms with Crippen molar-refractivity contribution in [3.05, 3.63) is 34.3 Å². The molecule has 2 fully saturated rings. The second kappa shape index (κ2) is 7.06. The summed E-state index contributed by atoms with van der Waals surface area (Å²) in [5.41, 5.74) is 1.42. The van der Waals surface area contributed by atoms with E-state index >= 15 is 0 Å². The Morgan fingerprint density at radius 1 is 1.20 bits per heavy atom. The molecular formula is C17H25BrN2. The van der Waals surface area contributed by atoms with Crippen molar-refractivity contribution < 1.29 is 0 Å². The summed E-state index contributed by atoms with van der Waals surface area (Å²) in [4.78, 5) is 2.62. The van der Waals surface area contributed by atoms with Gasteiger partial charge in [-0.25, -0.2) is 0 Å². The van der Waals surface area contributed by atoms with Crippen molar-refractivity contribution in [2.24, 2.45) is 5.92 Å². The Labute approximate surface area is 131 Å². The molecule has 1 aromatic carbocycles. The first-order valence-electron chi connectivity index (χ1n) is 8.01. The Bertz CT molecular complexity index is 429. The van der Waals surface area contributed by atoms with E-state index in [1.165, 1.54) is 55.2 Å². The van der Waals surface area contributed by atoms with Gasteiger partial charge in [-0.2, -0.15) is 0 Å². The first-order valence-corrected chi connectivity index (χ1v) is 8.81. The topological polar surface area (TPSA) is 15.3 Å². The zero-order valence-corrected chi connectivity index (χ0v) is 13.7. The van der Waals surface area contributed by atoms with E-state index < -0.39 is 0 Å². The minimum atomic E-state index is 0.719. The number of hydrogen-bond donors (Lipinski definition) is 1. The molecule has 20 heavy (non-hydrogen) atoms. The Kier molecular flexibility index (Phi) is 5.14. The number of hydrogen-bond acceptors (Lipinski definition) is 2. The fraction of sp³-hybridized carbons (Fsp3) is 0.647. The number of rotatable bonds is 3. The third-order valence-corrected chi connectivity index (χ3v) is 5.30. The minimum absolute atomic E-state index is 0.719. The molecule has 3 heteroatoms. The van der Waals surface area contributed by atoms with Crippen molar-refractivity contribution in [1.29, 1.82) is 0 Å². The smallest absolute Gasteiger partial charge is 0.0235 e. The summed E-state index contributed by atoms with van der Waals surface area (Å²) in [5.74, 6) is 0.911. The molecule has 0 spiro atoms. The molecule has 110 valence electrons. The van der Waals surface area contributed by atoms with Gasteiger partial charge in [-0.3, -0.25) is 4.90 Å². The van der Waals surface area contributed by atoms with Crippen LogP contribution in [0.3, 0.4) is 0 Å². The number of nitrogens with one attached hydrogen (secondary N) is 1. The molecule has 1 aromatic rings. The summed E-state index contributed by atoms with van der Waals surface area (Å²) in [5, 5.41) is 3.77. The summed E-state index contributed by atoms with van der Waals surface area (Å²) in [6, 6.07) is 9.45. The molecule has 1 saturated heterocycles. The van der Waals surface area contributed by atoms with E-state index in [-0.39, 0.29) is 0 Å². The number of piperazine rings is 1. The molecule has 1 unspecified atom stereocenters. The van der Waals surface area contributed by atoms with E-state index in [2.05, 4.69) is 50.4 Å². The molecular weight excluding hydrogens is 312 g/mol. The Morgan fingerprint density at radius 3 is 2.85 bits per heavy atom. The Hall–Kier alpha value is -0.380. The van der Waals surface area contributed by atoms with Crippen LogP contribution >= 0.6 is 15.9 Å². The van der Waals surface area contributed by atoms with Gasteiger partial charge in [0.05, 0.1) is 0 Å². The van der Waals surface area contributed by atoms with E-state index in [0.717, 1.165) is 25.0 Å². The van der Waals surface area contributed by atoms with Gasteiger partial charge in [0.1, 0.15) is 0 Å². The van der Waals surface area contributed by atoms with Gasteiger partial charge in [-0.05, 0) is 36.5 Å². The van der Waals surface area contributed by atoms with Crippen LogP contribution in [0.25, 0.3) is 0 Å². The number of benzene rings is 1. The molecule has 1 aliphatic heterocycles. The summed E-state index contributed by atoms with van der Waals surface area (Å²) >= 11 is 3.57. The van der Waals surface area contributed by atoms with Crippen molar-refractivity contribution >= 4 is 15.9 Å². The van der Waals surface area contributed by atoms with Crippen LogP contribution in [0.2, 0.25) is 0 Å². The molecule has 1 atom stereocenters. The van der Waals surface area contributed by atoms with E-state index in [0.29, 0.717) is 0 Å². The monoisotopic (exact) mass is 336 g/mol. The molecule has 3 rings (SSSR count). The maximum atomic E-state index is 3.77. The third-order valence-electron chi connectivity index (χ3n) is 4.80. The highest BCUT2D eigenvalue weighted by atomic mass is 79.9. The molecule has 1 heterocycles. The van der Waals surface area contributed by atoms with E-state index in [4.69, 9.17) is 0 Å². The normalized spacial score (nSPS) is 25.8. The van der Waals surface area contributed by atoms with Gasteiger partial charge in [0.15, 0.2) is 0 Å². The van der Waals surface area contributed by atoms with Crippen molar-refractivity contribution in [3.8, 4) is 0 Å². The van der Waals surface area contributed by atoms with Gasteiger partial charge < -0.3 is 5.32 Å². The molecule has 1 N–H and O–H groups in total. The van der Waals surface area contributed by atoms with Gasteiger partial charge >= 0.3 is 0 Å². The lowest BCUT2D eigenvalue weighted by atomic mass is 9.83. The molecule has 0 amide bonds. The second-order valence-electron chi connectivity index (χ2n) is 6.32. The molecule has 0 aromatic heterocycles. The predicted molar refractivity (Wildman–Crippen MR) is 87.8 cm³/mol. The van der Waals surface area contributed by atoms with Gasteiger partial charge in [0.2, 0.25) is 0 Å². The van der Waals surface area contributed by atoms with Gasteiger partial charge in [0, 0.05) is 36.7 Å². The fourth-order valence-electron chi connectivity index (χ4n) is 3.73. The molecule has 2 nitrogen and oxygen atoms in total. The summed E-state index contributed by atoms with van der Waals surface area (Å²) in [6.45, 7) is 4.63. The zero-order chi connectivity index (χ0) is 13.8. The van der Waals surface area contributed by atoms with Gasteiger partial charge in [0.25, 0.3) is 0 Å². The maximum absolute atomic E-state index is 3.77. The lowest BCUT2D eigenvalue weighted by Crippen LogP contribution is -2.53. The van der Waals surface area contributed by atoms with Crippen LogP contribution in [0.5, 0.6) is 0 Å². The average Bonchev–Trinajstić information content (AvgIpc) is 2.48. The van der Waals surface area contributed by atoms with Crippen LogP contribution in [0.4, 0.5) is 0 Å². The number of halogens is 1. The second-order valence-corrected chi connectivity index (χ2v) is 7.24. The van der Waals surface area contributed by atoms with Gasteiger partial charge in [-0.1, -0.05) is 47.3 Å². The highest BCUT2D eigenvalue weighted by Crippen LogP contribution is 2.28. The SMILES string of the molecule is Brc1cccc(CN2CCNC(C3CCCCC3)C2)c1.